The van der Waals surface area contributed by atoms with E-state index in [2.05, 4.69) is 10.3 Å². The lowest BCUT2D eigenvalue weighted by Gasteiger charge is -2.22. The van der Waals surface area contributed by atoms with E-state index in [-0.39, 0.29) is 0 Å². The first-order chi connectivity index (χ1) is 13.0. The number of guanidine groups is 1. The molecule has 146 valence electrons. The normalized spacial score (nSPS) is 11.1. The highest BCUT2D eigenvalue weighted by molar-refractivity contribution is 6.30. The smallest absolute Gasteiger partial charge is 0.203 e. The molecule has 0 aliphatic carbocycles. The molecule has 0 saturated carbocycles. The number of benzene rings is 2. The maximum atomic E-state index is 5.95. The number of hydrogen-bond donors (Lipinski definition) is 1. The summed E-state index contributed by atoms with van der Waals surface area (Å²) in [6.45, 7) is 1.28. The minimum absolute atomic E-state index is 0.564. The molecule has 0 spiro atoms. The Labute approximate surface area is 165 Å². The van der Waals surface area contributed by atoms with Crippen molar-refractivity contribution in [1.82, 2.24) is 10.2 Å². The Bertz CT molecular complexity index is 754. The Hall–Kier alpha value is -2.60. The summed E-state index contributed by atoms with van der Waals surface area (Å²) in [7, 11) is 8.54. The summed E-state index contributed by atoms with van der Waals surface area (Å²) in [5.74, 6) is 2.60. The van der Waals surface area contributed by atoms with Crippen LogP contribution in [0.25, 0.3) is 0 Å². The first-order valence-electron chi connectivity index (χ1n) is 8.47. The molecule has 0 heterocycles. The lowest BCUT2D eigenvalue weighted by Crippen LogP contribution is -2.38. The third-order valence-electron chi connectivity index (χ3n) is 4.08. The van der Waals surface area contributed by atoms with Crippen LogP contribution in [0.4, 0.5) is 0 Å². The number of nitrogens with zero attached hydrogens (tertiary/aromatic N) is 2. The predicted octanol–water partition coefficient (Wildman–Crippen LogP) is 3.57. The lowest BCUT2D eigenvalue weighted by molar-refractivity contribution is 0.323. The number of aliphatic imine (C=N–C) groups is 1. The van der Waals surface area contributed by atoms with Gasteiger partial charge in [-0.3, -0.25) is 4.99 Å². The average Bonchev–Trinajstić information content (AvgIpc) is 2.69. The molecule has 2 aromatic rings. The monoisotopic (exact) mass is 391 g/mol. The molecular weight excluding hydrogens is 366 g/mol. The molecule has 2 aromatic carbocycles. The Kier molecular flexibility index (Phi) is 7.61. The Morgan fingerprint density at radius 2 is 1.59 bits per heavy atom. The highest BCUT2D eigenvalue weighted by Gasteiger charge is 2.14. The van der Waals surface area contributed by atoms with Crippen molar-refractivity contribution in [3.8, 4) is 17.2 Å². The molecular formula is C20H26ClN3O3. The number of methoxy groups -OCH3 is 3. The second kappa shape index (κ2) is 9.92. The van der Waals surface area contributed by atoms with Gasteiger partial charge in [0, 0.05) is 32.2 Å². The van der Waals surface area contributed by atoms with Gasteiger partial charge in [0.05, 0.1) is 21.3 Å². The Morgan fingerprint density at radius 1 is 1.00 bits per heavy atom. The molecule has 0 fully saturated rings. The predicted molar refractivity (Wildman–Crippen MR) is 109 cm³/mol. The fraction of sp³-hybridized carbons (Fsp3) is 0.350. The third-order valence-corrected chi connectivity index (χ3v) is 4.33. The van der Waals surface area contributed by atoms with E-state index >= 15 is 0 Å². The van der Waals surface area contributed by atoms with Crippen LogP contribution in [-0.2, 0) is 13.1 Å². The maximum Gasteiger partial charge on any atom is 0.203 e. The quantitative estimate of drug-likeness (QED) is 0.577. The zero-order valence-corrected chi connectivity index (χ0v) is 17.1. The van der Waals surface area contributed by atoms with Crippen LogP contribution < -0.4 is 19.5 Å². The van der Waals surface area contributed by atoms with Crippen molar-refractivity contribution in [3.05, 3.63) is 52.5 Å². The van der Waals surface area contributed by atoms with Gasteiger partial charge < -0.3 is 24.4 Å². The summed E-state index contributed by atoms with van der Waals surface area (Å²) in [5.41, 5.74) is 2.14. The van der Waals surface area contributed by atoms with Crippen LogP contribution in [0.1, 0.15) is 11.1 Å². The van der Waals surface area contributed by atoms with Gasteiger partial charge in [0.15, 0.2) is 17.5 Å². The van der Waals surface area contributed by atoms with Crippen molar-refractivity contribution in [3.63, 3.8) is 0 Å². The van der Waals surface area contributed by atoms with E-state index in [0.29, 0.717) is 30.3 Å². The van der Waals surface area contributed by atoms with E-state index in [1.807, 2.05) is 48.3 Å². The molecule has 0 bridgehead atoms. The topological polar surface area (TPSA) is 55.3 Å². The largest absolute Gasteiger partial charge is 0.493 e. The Morgan fingerprint density at radius 3 is 2.07 bits per heavy atom. The van der Waals surface area contributed by atoms with E-state index in [1.165, 1.54) is 0 Å². The zero-order chi connectivity index (χ0) is 19.8. The number of hydrogen-bond acceptors (Lipinski definition) is 4. The molecule has 0 aliphatic rings. The van der Waals surface area contributed by atoms with E-state index in [4.69, 9.17) is 25.8 Å². The average molecular weight is 392 g/mol. The van der Waals surface area contributed by atoms with Gasteiger partial charge in [0.2, 0.25) is 5.75 Å². The molecule has 0 radical (unpaired) electrons. The lowest BCUT2D eigenvalue weighted by atomic mass is 10.1. The number of halogens is 1. The van der Waals surface area contributed by atoms with Crippen molar-refractivity contribution in [2.24, 2.45) is 4.99 Å². The minimum Gasteiger partial charge on any atom is -0.493 e. The molecule has 0 saturated heterocycles. The zero-order valence-electron chi connectivity index (χ0n) is 16.4. The molecule has 1 N–H and O–H groups in total. The Balaban J connectivity index is 2.08. The fourth-order valence-corrected chi connectivity index (χ4v) is 2.87. The molecule has 0 unspecified atom stereocenters. The van der Waals surface area contributed by atoms with Crippen molar-refractivity contribution in [2.45, 2.75) is 13.1 Å². The van der Waals surface area contributed by atoms with Gasteiger partial charge >= 0.3 is 0 Å². The van der Waals surface area contributed by atoms with Crippen molar-refractivity contribution in [1.29, 1.82) is 0 Å². The summed E-state index contributed by atoms with van der Waals surface area (Å²) < 4.78 is 16.2. The molecule has 0 amide bonds. The van der Waals surface area contributed by atoms with E-state index in [1.54, 1.807) is 28.4 Å². The second-order valence-corrected chi connectivity index (χ2v) is 6.35. The summed E-state index contributed by atoms with van der Waals surface area (Å²) in [5, 5.41) is 4.08. The van der Waals surface area contributed by atoms with Crippen LogP contribution in [0.2, 0.25) is 5.02 Å². The second-order valence-electron chi connectivity index (χ2n) is 5.92. The highest BCUT2D eigenvalue weighted by Crippen LogP contribution is 2.38. The van der Waals surface area contributed by atoms with Gasteiger partial charge in [-0.1, -0.05) is 23.7 Å². The number of ether oxygens (including phenoxy) is 3. The van der Waals surface area contributed by atoms with Crippen molar-refractivity contribution >= 4 is 17.6 Å². The minimum atomic E-state index is 0.564. The van der Waals surface area contributed by atoms with Crippen LogP contribution in [0.5, 0.6) is 17.2 Å². The first-order valence-corrected chi connectivity index (χ1v) is 8.85. The number of rotatable bonds is 7. The van der Waals surface area contributed by atoms with Crippen LogP contribution in [0.15, 0.2) is 41.4 Å². The van der Waals surface area contributed by atoms with Gasteiger partial charge in [-0.2, -0.15) is 0 Å². The standard InChI is InChI=1S/C20H26ClN3O3/c1-22-20(24(2)13-14-6-8-16(21)9-7-14)23-12-15-10-17(25-3)19(27-5)18(11-15)26-4/h6-11H,12-13H2,1-5H3,(H,22,23). The molecule has 6 nitrogen and oxygen atoms in total. The summed E-state index contributed by atoms with van der Waals surface area (Å²) >= 11 is 5.95. The summed E-state index contributed by atoms with van der Waals surface area (Å²) in [6.07, 6.45) is 0. The van der Waals surface area contributed by atoms with Crippen molar-refractivity contribution in [2.75, 3.05) is 35.4 Å². The van der Waals surface area contributed by atoms with Crippen LogP contribution >= 0.6 is 11.6 Å². The van der Waals surface area contributed by atoms with Crippen LogP contribution in [0, 0.1) is 0 Å². The molecule has 2 rings (SSSR count). The molecule has 0 atom stereocenters. The van der Waals surface area contributed by atoms with Gasteiger partial charge in [0.25, 0.3) is 0 Å². The maximum absolute atomic E-state index is 5.95. The number of nitrogens with one attached hydrogen (secondary N) is 1. The van der Waals surface area contributed by atoms with E-state index in [0.717, 1.165) is 22.1 Å². The van der Waals surface area contributed by atoms with Crippen LogP contribution in [-0.4, -0.2) is 46.3 Å². The van der Waals surface area contributed by atoms with E-state index < -0.39 is 0 Å². The molecule has 27 heavy (non-hydrogen) atoms. The van der Waals surface area contributed by atoms with E-state index in [9.17, 15) is 0 Å². The molecule has 0 aromatic heterocycles. The summed E-state index contributed by atoms with van der Waals surface area (Å²) in [4.78, 5) is 6.40. The van der Waals surface area contributed by atoms with Crippen molar-refractivity contribution < 1.29 is 14.2 Å². The molecule has 0 aliphatic heterocycles. The summed E-state index contributed by atoms with van der Waals surface area (Å²) in [6, 6.07) is 11.6. The van der Waals surface area contributed by atoms with Gasteiger partial charge in [-0.25, -0.2) is 0 Å². The van der Waals surface area contributed by atoms with Crippen LogP contribution in [0.3, 0.4) is 0 Å². The first kappa shape index (κ1) is 20.7. The fourth-order valence-electron chi connectivity index (χ4n) is 2.74. The van der Waals surface area contributed by atoms with Gasteiger partial charge in [-0.05, 0) is 35.4 Å². The third kappa shape index (κ3) is 5.44. The van der Waals surface area contributed by atoms with Gasteiger partial charge in [-0.15, -0.1) is 0 Å². The molecule has 7 heteroatoms. The SMILES string of the molecule is CN=C(NCc1cc(OC)c(OC)c(OC)c1)N(C)Cc1ccc(Cl)cc1. The highest BCUT2D eigenvalue weighted by atomic mass is 35.5. The van der Waals surface area contributed by atoms with Gasteiger partial charge in [0.1, 0.15) is 0 Å².